The topological polar surface area (TPSA) is 87.6 Å². The van der Waals surface area contributed by atoms with Crippen LogP contribution in [0.4, 0.5) is 37.8 Å². The zero-order valence-electron chi connectivity index (χ0n) is 21.8. The number of fused-ring (bicyclic) bond motifs is 2. The van der Waals surface area contributed by atoms with Gasteiger partial charge in [-0.2, -0.15) is 22.0 Å². The average molecular weight is 557 g/mol. The number of amides is 1. The van der Waals surface area contributed by atoms with Crippen molar-refractivity contribution in [1.82, 2.24) is 9.97 Å². The molecule has 3 aromatic rings. The first-order valence-electron chi connectivity index (χ1n) is 11.8. The van der Waals surface area contributed by atoms with Crippen molar-refractivity contribution in [2.75, 3.05) is 24.4 Å². The number of aryl methyl sites for hydroxylation is 1. The van der Waals surface area contributed by atoms with E-state index >= 15 is 4.39 Å². The van der Waals surface area contributed by atoms with Crippen molar-refractivity contribution in [3.8, 4) is 0 Å². The highest BCUT2D eigenvalue weighted by Crippen LogP contribution is 2.52. The number of aliphatic hydroxyl groups is 1. The fourth-order valence-electron chi connectivity index (χ4n) is 4.74. The number of carbonyl (C=O) groups excluding carboxylic acids is 1. The molecule has 0 radical (unpaired) electrons. The summed E-state index contributed by atoms with van der Waals surface area (Å²) in [5, 5.41) is 13.0. The number of carbonyl (C=O) groups is 1. The molecule has 39 heavy (non-hydrogen) atoms. The largest absolute Gasteiger partial charge is 0.431 e. The van der Waals surface area contributed by atoms with Crippen LogP contribution < -0.4 is 10.2 Å². The normalized spacial score (nSPS) is 19.0. The number of ether oxygens (including phenoxy) is 1. The molecule has 2 atom stereocenters. The quantitative estimate of drug-likeness (QED) is 0.391. The Kier molecular flexibility index (Phi) is 6.63. The Morgan fingerprint density at radius 1 is 1.13 bits per heavy atom. The van der Waals surface area contributed by atoms with Crippen LogP contribution in [0, 0.1) is 12.7 Å². The highest BCUT2D eigenvalue weighted by atomic mass is 19.4. The van der Waals surface area contributed by atoms with Crippen LogP contribution in [0.25, 0.3) is 10.9 Å². The summed E-state index contributed by atoms with van der Waals surface area (Å²) in [4.78, 5) is 22.1. The molecular weight excluding hydrogens is 530 g/mol. The van der Waals surface area contributed by atoms with E-state index in [4.69, 9.17) is 4.74 Å². The molecule has 0 saturated carbocycles. The van der Waals surface area contributed by atoms with Gasteiger partial charge in [0.2, 0.25) is 0 Å². The van der Waals surface area contributed by atoms with Gasteiger partial charge < -0.3 is 20.1 Å². The van der Waals surface area contributed by atoms with E-state index in [-0.39, 0.29) is 33.8 Å². The highest BCUT2D eigenvalue weighted by Gasteiger charge is 2.68. The molecule has 1 aliphatic heterocycles. The van der Waals surface area contributed by atoms with Crippen LogP contribution in [0.1, 0.15) is 49.3 Å². The van der Waals surface area contributed by atoms with Gasteiger partial charge in [0.15, 0.2) is 0 Å². The standard InChI is InChI=1S/C26H26F6N4O3/c1-12(14-8-7-9-16(20(14)27)25(28,29)23(3,4)38)33-21-15-10-19-17(11-18(15)34-13(2)35-21)24(39-6,26(30,31)32)22(37)36(19)5/h7-12,38H,1-6H3,(H,33,34,35)/t12?,24-/m0/s1. The smallest absolute Gasteiger partial charge is 0.384 e. The molecule has 2 N–H and O–H groups in total. The maximum absolute atomic E-state index is 15.3. The molecule has 13 heteroatoms. The summed E-state index contributed by atoms with van der Waals surface area (Å²) in [5.41, 5.74) is -7.40. The number of rotatable bonds is 6. The van der Waals surface area contributed by atoms with Crippen molar-refractivity contribution in [2.45, 2.75) is 57.0 Å². The van der Waals surface area contributed by atoms with Gasteiger partial charge >= 0.3 is 12.1 Å². The number of anilines is 2. The molecule has 1 unspecified atom stereocenters. The Labute approximate surface area is 219 Å². The Morgan fingerprint density at radius 2 is 1.77 bits per heavy atom. The van der Waals surface area contributed by atoms with Crippen molar-refractivity contribution in [1.29, 1.82) is 0 Å². The Bertz CT molecular complexity index is 1470. The van der Waals surface area contributed by atoms with Crippen LogP contribution in [-0.4, -0.2) is 46.9 Å². The van der Waals surface area contributed by atoms with Gasteiger partial charge in [0.05, 0.1) is 22.8 Å². The van der Waals surface area contributed by atoms with E-state index in [1.807, 2.05) is 0 Å². The number of hydrogen-bond acceptors (Lipinski definition) is 6. The summed E-state index contributed by atoms with van der Waals surface area (Å²) in [6.45, 7) is 4.70. The van der Waals surface area contributed by atoms with E-state index in [9.17, 15) is 31.9 Å². The number of likely N-dealkylation sites (N-methyl/N-ethyl adjacent to an activating group) is 1. The molecule has 210 valence electrons. The SMILES string of the molecule is CO[C@]1(C(F)(F)F)C(=O)N(C)c2cc3c(NC(C)c4cccc(C(F)(F)C(C)(C)O)c4F)nc(C)nc3cc21. The van der Waals surface area contributed by atoms with Crippen molar-refractivity contribution in [2.24, 2.45) is 0 Å². The number of halogens is 6. The molecule has 1 aliphatic rings. The molecule has 2 aromatic carbocycles. The van der Waals surface area contributed by atoms with E-state index in [0.717, 1.165) is 38.0 Å². The maximum atomic E-state index is 15.3. The van der Waals surface area contributed by atoms with E-state index in [1.54, 1.807) is 0 Å². The van der Waals surface area contributed by atoms with Crippen LogP contribution in [0.15, 0.2) is 30.3 Å². The lowest BCUT2D eigenvalue weighted by Gasteiger charge is -2.30. The number of alkyl halides is 5. The van der Waals surface area contributed by atoms with Crippen LogP contribution >= 0.6 is 0 Å². The lowest BCUT2D eigenvalue weighted by atomic mass is 9.91. The second kappa shape index (κ2) is 9.05. The van der Waals surface area contributed by atoms with Gasteiger partial charge in [0.1, 0.15) is 23.1 Å². The third kappa shape index (κ3) is 4.18. The fraction of sp³-hybridized carbons (Fsp3) is 0.423. The predicted octanol–water partition coefficient (Wildman–Crippen LogP) is 5.49. The van der Waals surface area contributed by atoms with E-state index in [1.165, 1.54) is 39.1 Å². The first-order chi connectivity index (χ1) is 17.9. The van der Waals surface area contributed by atoms with Crippen LogP contribution in [-0.2, 0) is 21.1 Å². The van der Waals surface area contributed by atoms with Gasteiger partial charge in [0.25, 0.3) is 11.5 Å². The first-order valence-corrected chi connectivity index (χ1v) is 11.8. The van der Waals surface area contributed by atoms with Gasteiger partial charge in [-0.15, -0.1) is 0 Å². The number of nitrogens with one attached hydrogen (secondary N) is 1. The summed E-state index contributed by atoms with van der Waals surface area (Å²) in [6, 6.07) is 4.82. The van der Waals surface area contributed by atoms with Crippen LogP contribution in [0.2, 0.25) is 0 Å². The number of methoxy groups -OCH3 is 1. The molecule has 0 saturated heterocycles. The van der Waals surface area contributed by atoms with E-state index in [2.05, 4.69) is 15.3 Å². The number of aromatic nitrogens is 2. The van der Waals surface area contributed by atoms with Crippen molar-refractivity contribution in [3.63, 3.8) is 0 Å². The lowest BCUT2D eigenvalue weighted by molar-refractivity contribution is -0.262. The third-order valence-electron chi connectivity index (χ3n) is 6.93. The number of nitrogens with zero attached hydrogens (tertiary/aromatic N) is 3. The molecular formula is C26H26F6N4O3. The molecule has 0 aliphatic carbocycles. The Balaban J connectivity index is 1.84. The van der Waals surface area contributed by atoms with Gasteiger partial charge in [-0.3, -0.25) is 4.79 Å². The van der Waals surface area contributed by atoms with Crippen LogP contribution in [0.3, 0.4) is 0 Å². The van der Waals surface area contributed by atoms with Crippen LogP contribution in [0.5, 0.6) is 0 Å². The zero-order valence-corrected chi connectivity index (χ0v) is 21.8. The summed E-state index contributed by atoms with van der Waals surface area (Å²) in [5.74, 6) is -6.25. The van der Waals surface area contributed by atoms with Crippen molar-refractivity contribution < 1.29 is 41.0 Å². The summed E-state index contributed by atoms with van der Waals surface area (Å²) in [6.07, 6.45) is -5.07. The number of benzene rings is 2. The monoisotopic (exact) mass is 556 g/mol. The van der Waals surface area contributed by atoms with Gasteiger partial charge in [-0.1, -0.05) is 12.1 Å². The molecule has 1 amide bonds. The van der Waals surface area contributed by atoms with E-state index in [0.29, 0.717) is 0 Å². The van der Waals surface area contributed by atoms with Gasteiger partial charge in [0, 0.05) is 30.7 Å². The van der Waals surface area contributed by atoms with Gasteiger partial charge in [-0.25, -0.2) is 14.4 Å². The summed E-state index contributed by atoms with van der Waals surface area (Å²) >= 11 is 0. The molecule has 7 nitrogen and oxygen atoms in total. The zero-order chi connectivity index (χ0) is 29.3. The molecule has 0 bridgehead atoms. The Morgan fingerprint density at radius 3 is 2.33 bits per heavy atom. The predicted molar refractivity (Wildman–Crippen MR) is 131 cm³/mol. The molecule has 0 fully saturated rings. The maximum Gasteiger partial charge on any atom is 0.431 e. The van der Waals surface area contributed by atoms with Crippen molar-refractivity contribution >= 4 is 28.3 Å². The lowest BCUT2D eigenvalue weighted by Crippen LogP contribution is -2.51. The minimum Gasteiger partial charge on any atom is -0.384 e. The number of hydrogen-bond donors (Lipinski definition) is 2. The van der Waals surface area contributed by atoms with Crippen molar-refractivity contribution in [3.05, 3.63) is 58.7 Å². The molecule has 4 rings (SSSR count). The second-order valence-corrected chi connectivity index (χ2v) is 9.96. The van der Waals surface area contributed by atoms with E-state index < -0.39 is 52.2 Å². The Hall–Kier alpha value is -3.45. The third-order valence-corrected chi connectivity index (χ3v) is 6.93. The minimum atomic E-state index is -5.07. The summed E-state index contributed by atoms with van der Waals surface area (Å²) < 4.78 is 92.1. The second-order valence-electron chi connectivity index (χ2n) is 9.96. The highest BCUT2D eigenvalue weighted by molar-refractivity contribution is 6.10. The minimum absolute atomic E-state index is 0.0486. The summed E-state index contributed by atoms with van der Waals surface area (Å²) in [7, 11) is 1.97. The van der Waals surface area contributed by atoms with Gasteiger partial charge in [-0.05, 0) is 45.9 Å². The molecule has 2 heterocycles. The first kappa shape index (κ1) is 28.6. The molecule has 1 aromatic heterocycles. The molecule has 0 spiro atoms. The fourth-order valence-corrected chi connectivity index (χ4v) is 4.74. The average Bonchev–Trinajstić information content (AvgIpc) is 3.03.